The van der Waals surface area contributed by atoms with Crippen LogP contribution < -0.4 is 10.1 Å². The number of nitrogens with one attached hydrogen (secondary N) is 1. The molecule has 5 heteroatoms. The number of methoxy groups -OCH3 is 1. The third-order valence-corrected chi connectivity index (χ3v) is 5.91. The Hall–Kier alpha value is -1.59. The molecule has 1 aromatic rings. The summed E-state index contributed by atoms with van der Waals surface area (Å²) in [6, 6.07) is 8.73. The number of ether oxygens (including phenoxy) is 2. The molecule has 27 heavy (non-hydrogen) atoms. The highest BCUT2D eigenvalue weighted by Crippen LogP contribution is 2.25. The van der Waals surface area contributed by atoms with Crippen molar-refractivity contribution in [2.75, 3.05) is 20.2 Å². The largest absolute Gasteiger partial charge is 0.497 e. The number of hydrogen-bond acceptors (Lipinski definition) is 4. The SMILES string of the molecule is COc1cccc(COC(C)C(=O)NC2CCN(C3CCCCCC3)C2)c1. The lowest BCUT2D eigenvalue weighted by atomic mass is 10.1. The minimum Gasteiger partial charge on any atom is -0.497 e. The van der Waals surface area contributed by atoms with Crippen molar-refractivity contribution in [3.63, 3.8) is 0 Å². The number of nitrogens with zero attached hydrogens (tertiary/aromatic N) is 1. The average Bonchev–Trinajstić information content (AvgIpc) is 2.98. The molecule has 1 heterocycles. The third-order valence-electron chi connectivity index (χ3n) is 5.91. The molecule has 150 valence electrons. The Morgan fingerprint density at radius 1 is 1.22 bits per heavy atom. The minimum atomic E-state index is -0.455. The summed E-state index contributed by atoms with van der Waals surface area (Å²) >= 11 is 0. The second-order valence-electron chi connectivity index (χ2n) is 7.94. The van der Waals surface area contributed by atoms with E-state index in [1.165, 1.54) is 38.5 Å². The van der Waals surface area contributed by atoms with Crippen molar-refractivity contribution in [3.8, 4) is 5.75 Å². The van der Waals surface area contributed by atoms with Gasteiger partial charge in [0.15, 0.2) is 0 Å². The molecular weight excluding hydrogens is 340 g/mol. The Morgan fingerprint density at radius 2 is 2.00 bits per heavy atom. The number of rotatable bonds is 7. The molecule has 2 fully saturated rings. The summed E-state index contributed by atoms with van der Waals surface area (Å²) in [6.45, 7) is 4.33. The zero-order valence-corrected chi connectivity index (χ0v) is 16.8. The summed E-state index contributed by atoms with van der Waals surface area (Å²) < 4.78 is 11.0. The molecule has 2 atom stereocenters. The van der Waals surface area contributed by atoms with E-state index in [1.807, 2.05) is 31.2 Å². The number of benzene rings is 1. The van der Waals surface area contributed by atoms with Crippen molar-refractivity contribution < 1.29 is 14.3 Å². The highest BCUT2D eigenvalue weighted by atomic mass is 16.5. The van der Waals surface area contributed by atoms with Crippen LogP contribution >= 0.6 is 0 Å². The molecule has 1 amide bonds. The molecule has 1 aromatic carbocycles. The van der Waals surface area contributed by atoms with Gasteiger partial charge < -0.3 is 14.8 Å². The Kier molecular flexibility index (Phi) is 7.53. The fraction of sp³-hybridized carbons (Fsp3) is 0.682. The molecule has 2 aliphatic rings. The topological polar surface area (TPSA) is 50.8 Å². The number of carbonyl (C=O) groups excluding carboxylic acids is 1. The second-order valence-corrected chi connectivity index (χ2v) is 7.94. The Morgan fingerprint density at radius 3 is 2.74 bits per heavy atom. The van der Waals surface area contributed by atoms with Gasteiger partial charge in [-0.15, -0.1) is 0 Å². The highest BCUT2D eigenvalue weighted by Gasteiger charge is 2.30. The summed E-state index contributed by atoms with van der Waals surface area (Å²) in [4.78, 5) is 15.1. The van der Waals surface area contributed by atoms with E-state index in [4.69, 9.17) is 9.47 Å². The first-order valence-corrected chi connectivity index (χ1v) is 10.4. The first kappa shape index (κ1) is 20.2. The van der Waals surface area contributed by atoms with Crippen molar-refractivity contribution in [1.82, 2.24) is 10.2 Å². The zero-order valence-electron chi connectivity index (χ0n) is 16.8. The Labute approximate surface area is 163 Å². The van der Waals surface area contributed by atoms with Gasteiger partial charge >= 0.3 is 0 Å². The smallest absolute Gasteiger partial charge is 0.249 e. The Bertz CT molecular complexity index is 599. The molecule has 1 N–H and O–H groups in total. The highest BCUT2D eigenvalue weighted by molar-refractivity contribution is 5.80. The van der Waals surface area contributed by atoms with Gasteiger partial charge in [0.05, 0.1) is 13.7 Å². The van der Waals surface area contributed by atoms with Crippen LogP contribution in [-0.4, -0.2) is 49.2 Å². The maximum Gasteiger partial charge on any atom is 0.249 e. The molecule has 0 bridgehead atoms. The fourth-order valence-electron chi connectivity index (χ4n) is 4.24. The maximum atomic E-state index is 12.5. The lowest BCUT2D eigenvalue weighted by Crippen LogP contribution is -2.43. The van der Waals surface area contributed by atoms with E-state index in [1.54, 1.807) is 7.11 Å². The zero-order chi connectivity index (χ0) is 19.1. The molecule has 0 aromatic heterocycles. The van der Waals surface area contributed by atoms with Crippen LogP contribution in [0.25, 0.3) is 0 Å². The monoisotopic (exact) mass is 374 g/mol. The van der Waals surface area contributed by atoms with Gasteiger partial charge in [-0.2, -0.15) is 0 Å². The van der Waals surface area contributed by atoms with Crippen LogP contribution in [0.5, 0.6) is 5.75 Å². The molecule has 1 saturated heterocycles. The normalized spacial score (nSPS) is 23.0. The molecule has 1 saturated carbocycles. The van der Waals surface area contributed by atoms with Gasteiger partial charge in [0.2, 0.25) is 5.91 Å². The van der Waals surface area contributed by atoms with Crippen LogP contribution in [0.2, 0.25) is 0 Å². The van der Waals surface area contributed by atoms with E-state index in [0.29, 0.717) is 6.61 Å². The molecule has 1 aliphatic heterocycles. The van der Waals surface area contributed by atoms with Crippen LogP contribution in [0.3, 0.4) is 0 Å². The quantitative estimate of drug-likeness (QED) is 0.742. The number of hydrogen-bond donors (Lipinski definition) is 1. The van der Waals surface area contributed by atoms with Gasteiger partial charge in [-0.3, -0.25) is 9.69 Å². The number of amides is 1. The summed E-state index contributed by atoms with van der Waals surface area (Å²) in [7, 11) is 1.65. The van der Waals surface area contributed by atoms with E-state index in [0.717, 1.165) is 36.9 Å². The van der Waals surface area contributed by atoms with Gasteiger partial charge in [-0.1, -0.05) is 37.8 Å². The van der Waals surface area contributed by atoms with Gasteiger partial charge in [-0.25, -0.2) is 0 Å². The van der Waals surface area contributed by atoms with Crippen LogP contribution in [-0.2, 0) is 16.1 Å². The molecule has 0 spiro atoms. The average molecular weight is 375 g/mol. The fourth-order valence-corrected chi connectivity index (χ4v) is 4.24. The molecule has 3 rings (SSSR count). The molecule has 0 radical (unpaired) electrons. The predicted molar refractivity (Wildman–Crippen MR) is 107 cm³/mol. The van der Waals surface area contributed by atoms with Crippen molar-refractivity contribution >= 4 is 5.91 Å². The van der Waals surface area contributed by atoms with Gasteiger partial charge in [-0.05, 0) is 43.9 Å². The van der Waals surface area contributed by atoms with Gasteiger partial charge in [0, 0.05) is 25.2 Å². The van der Waals surface area contributed by atoms with Crippen LogP contribution in [0.15, 0.2) is 24.3 Å². The molecule has 5 nitrogen and oxygen atoms in total. The molecular formula is C22H34N2O3. The standard InChI is InChI=1S/C22H34N2O3/c1-17(27-16-18-8-7-11-21(14-18)26-2)22(25)23-19-12-13-24(15-19)20-9-5-3-4-6-10-20/h7-8,11,14,17,19-20H,3-6,9-10,12-13,15-16H2,1-2H3,(H,23,25). The van der Waals surface area contributed by atoms with Crippen molar-refractivity contribution in [1.29, 1.82) is 0 Å². The second kappa shape index (κ2) is 10.1. The van der Waals surface area contributed by atoms with E-state index < -0.39 is 6.10 Å². The van der Waals surface area contributed by atoms with E-state index in [-0.39, 0.29) is 11.9 Å². The maximum absolute atomic E-state index is 12.5. The van der Waals surface area contributed by atoms with Gasteiger partial charge in [0.1, 0.15) is 11.9 Å². The first-order valence-electron chi connectivity index (χ1n) is 10.4. The lowest BCUT2D eigenvalue weighted by molar-refractivity contribution is -0.133. The van der Waals surface area contributed by atoms with Crippen LogP contribution in [0.4, 0.5) is 0 Å². The number of likely N-dealkylation sites (tertiary alicyclic amines) is 1. The summed E-state index contributed by atoms with van der Waals surface area (Å²) in [5, 5.41) is 3.19. The van der Waals surface area contributed by atoms with Crippen LogP contribution in [0.1, 0.15) is 57.4 Å². The van der Waals surface area contributed by atoms with Gasteiger partial charge in [0.25, 0.3) is 0 Å². The van der Waals surface area contributed by atoms with Crippen molar-refractivity contribution in [3.05, 3.63) is 29.8 Å². The van der Waals surface area contributed by atoms with E-state index in [9.17, 15) is 4.79 Å². The predicted octanol–water partition coefficient (Wildman–Crippen LogP) is 3.51. The summed E-state index contributed by atoms with van der Waals surface area (Å²) in [5.74, 6) is 0.795. The Balaban J connectivity index is 1.41. The van der Waals surface area contributed by atoms with Crippen molar-refractivity contribution in [2.24, 2.45) is 0 Å². The minimum absolute atomic E-state index is 0.00869. The van der Waals surface area contributed by atoms with E-state index in [2.05, 4.69) is 10.2 Å². The molecule has 2 unspecified atom stereocenters. The third kappa shape index (κ3) is 5.94. The number of carbonyl (C=O) groups is 1. The van der Waals surface area contributed by atoms with Crippen LogP contribution in [0, 0.1) is 0 Å². The molecule has 1 aliphatic carbocycles. The summed E-state index contributed by atoms with van der Waals surface area (Å²) in [5.41, 5.74) is 1.01. The van der Waals surface area contributed by atoms with E-state index >= 15 is 0 Å². The first-order chi connectivity index (χ1) is 13.2. The lowest BCUT2D eigenvalue weighted by Gasteiger charge is -2.27. The van der Waals surface area contributed by atoms with Crippen molar-refractivity contribution in [2.45, 2.75) is 76.7 Å². The summed E-state index contributed by atoms with van der Waals surface area (Å²) in [6.07, 6.45) is 8.70.